The van der Waals surface area contributed by atoms with E-state index >= 15 is 0 Å². The van der Waals surface area contributed by atoms with Crippen LogP contribution >= 0.6 is 27.5 Å². The van der Waals surface area contributed by atoms with Gasteiger partial charge in [0.1, 0.15) is 5.82 Å². The zero-order valence-electron chi connectivity index (χ0n) is 8.68. The van der Waals surface area contributed by atoms with Crippen LogP contribution in [0.4, 0.5) is 21.5 Å². The molecular formula is C12H9BrClFN2. The van der Waals surface area contributed by atoms with Gasteiger partial charge in [-0.1, -0.05) is 11.6 Å². The van der Waals surface area contributed by atoms with Crippen LogP contribution in [0.1, 0.15) is 0 Å². The molecule has 0 fully saturated rings. The summed E-state index contributed by atoms with van der Waals surface area (Å²) in [5, 5.41) is 3.58. The Morgan fingerprint density at radius 3 is 2.65 bits per heavy atom. The van der Waals surface area contributed by atoms with Gasteiger partial charge in [0.15, 0.2) is 0 Å². The third kappa shape index (κ3) is 2.90. The highest BCUT2D eigenvalue weighted by Crippen LogP contribution is 2.29. The summed E-state index contributed by atoms with van der Waals surface area (Å²) < 4.78 is 13.9. The minimum absolute atomic E-state index is 0.343. The molecule has 0 aliphatic carbocycles. The molecule has 0 amide bonds. The third-order valence-electron chi connectivity index (χ3n) is 2.21. The molecule has 3 N–H and O–H groups in total. The molecule has 0 spiro atoms. The lowest BCUT2D eigenvalue weighted by Crippen LogP contribution is -1.96. The van der Waals surface area contributed by atoms with Crippen LogP contribution < -0.4 is 11.1 Å². The summed E-state index contributed by atoms with van der Waals surface area (Å²) in [5.41, 5.74) is 7.47. The molecule has 0 saturated carbocycles. The largest absolute Gasteiger partial charge is 0.397 e. The normalized spacial score (nSPS) is 10.3. The van der Waals surface area contributed by atoms with E-state index in [2.05, 4.69) is 21.2 Å². The minimum atomic E-state index is -0.343. The number of benzene rings is 2. The molecule has 88 valence electrons. The summed E-state index contributed by atoms with van der Waals surface area (Å²) in [6.07, 6.45) is 0. The molecule has 0 atom stereocenters. The van der Waals surface area contributed by atoms with Gasteiger partial charge in [0.05, 0.1) is 16.4 Å². The molecule has 2 aromatic rings. The van der Waals surface area contributed by atoms with E-state index in [1.165, 1.54) is 18.2 Å². The van der Waals surface area contributed by atoms with Crippen LogP contribution in [0, 0.1) is 5.82 Å². The van der Waals surface area contributed by atoms with Gasteiger partial charge in [-0.2, -0.15) is 0 Å². The topological polar surface area (TPSA) is 38.0 Å². The summed E-state index contributed by atoms with van der Waals surface area (Å²) in [5.74, 6) is -0.343. The maximum absolute atomic E-state index is 13.1. The number of nitrogen functional groups attached to an aromatic ring is 1. The quantitative estimate of drug-likeness (QED) is 0.797. The van der Waals surface area contributed by atoms with E-state index in [-0.39, 0.29) is 5.82 Å². The van der Waals surface area contributed by atoms with Crippen molar-refractivity contribution in [3.63, 3.8) is 0 Å². The fourth-order valence-corrected chi connectivity index (χ4v) is 1.79. The van der Waals surface area contributed by atoms with E-state index in [4.69, 9.17) is 17.3 Å². The first kappa shape index (κ1) is 12.2. The average Bonchev–Trinajstić information content (AvgIpc) is 2.29. The van der Waals surface area contributed by atoms with Gasteiger partial charge in [0.25, 0.3) is 0 Å². The molecule has 17 heavy (non-hydrogen) atoms. The number of nitrogens with one attached hydrogen (secondary N) is 1. The molecule has 0 heterocycles. The molecule has 0 aliphatic heterocycles. The van der Waals surface area contributed by atoms with E-state index in [0.29, 0.717) is 16.4 Å². The van der Waals surface area contributed by atoms with Gasteiger partial charge in [-0.3, -0.25) is 0 Å². The van der Waals surface area contributed by atoms with E-state index < -0.39 is 0 Å². The molecule has 0 unspecified atom stereocenters. The molecule has 5 heteroatoms. The molecule has 2 nitrogen and oxygen atoms in total. The van der Waals surface area contributed by atoms with Gasteiger partial charge in [0.2, 0.25) is 0 Å². The Labute approximate surface area is 112 Å². The summed E-state index contributed by atoms with van der Waals surface area (Å²) in [4.78, 5) is 0. The van der Waals surface area contributed by atoms with Gasteiger partial charge in [0, 0.05) is 10.2 Å². The van der Waals surface area contributed by atoms with Gasteiger partial charge in [-0.25, -0.2) is 4.39 Å². The Bertz CT molecular complexity index is 560. The Balaban J connectivity index is 2.31. The molecule has 0 aromatic heterocycles. The number of hydrogen-bond acceptors (Lipinski definition) is 2. The van der Waals surface area contributed by atoms with Gasteiger partial charge in [-0.05, 0) is 52.3 Å². The molecule has 0 saturated heterocycles. The maximum Gasteiger partial charge on any atom is 0.125 e. The molecular weight excluding hydrogens is 307 g/mol. The Kier molecular flexibility index (Phi) is 3.54. The number of anilines is 3. The average molecular weight is 316 g/mol. The first-order valence-electron chi connectivity index (χ1n) is 4.83. The van der Waals surface area contributed by atoms with E-state index in [0.717, 1.165) is 10.2 Å². The van der Waals surface area contributed by atoms with Crippen molar-refractivity contribution in [3.05, 3.63) is 51.7 Å². The zero-order valence-corrected chi connectivity index (χ0v) is 11.0. The second kappa shape index (κ2) is 4.94. The Morgan fingerprint density at radius 2 is 1.94 bits per heavy atom. The highest BCUT2D eigenvalue weighted by molar-refractivity contribution is 9.10. The number of hydrogen-bond donors (Lipinski definition) is 2. The van der Waals surface area contributed by atoms with Crippen molar-refractivity contribution in [1.29, 1.82) is 0 Å². The summed E-state index contributed by atoms with van der Waals surface area (Å²) >= 11 is 9.26. The van der Waals surface area contributed by atoms with Crippen LogP contribution in [0.2, 0.25) is 5.02 Å². The predicted molar refractivity (Wildman–Crippen MR) is 73.2 cm³/mol. The molecule has 0 aliphatic rings. The minimum Gasteiger partial charge on any atom is -0.397 e. The summed E-state index contributed by atoms with van der Waals surface area (Å²) in [7, 11) is 0. The van der Waals surface area contributed by atoms with Crippen LogP contribution in [-0.4, -0.2) is 0 Å². The SMILES string of the molecule is Nc1ccc(F)cc1Nc1ccc(Br)c(Cl)c1. The van der Waals surface area contributed by atoms with Crippen molar-refractivity contribution in [3.8, 4) is 0 Å². The van der Waals surface area contributed by atoms with Crippen LogP contribution in [0.25, 0.3) is 0 Å². The highest BCUT2D eigenvalue weighted by Gasteiger charge is 2.03. The standard InChI is InChI=1S/C12H9BrClFN2/c13-9-3-2-8(6-10(9)14)17-12-5-7(15)1-4-11(12)16/h1-6,17H,16H2. The van der Waals surface area contributed by atoms with Crippen LogP contribution in [0.15, 0.2) is 40.9 Å². The van der Waals surface area contributed by atoms with Crippen molar-refractivity contribution in [1.82, 2.24) is 0 Å². The van der Waals surface area contributed by atoms with E-state index in [9.17, 15) is 4.39 Å². The molecule has 0 radical (unpaired) electrons. The lowest BCUT2D eigenvalue weighted by molar-refractivity contribution is 0.628. The monoisotopic (exact) mass is 314 g/mol. The maximum atomic E-state index is 13.1. The lowest BCUT2D eigenvalue weighted by atomic mass is 10.2. The number of nitrogens with two attached hydrogens (primary N) is 1. The van der Waals surface area contributed by atoms with Gasteiger partial charge >= 0.3 is 0 Å². The van der Waals surface area contributed by atoms with Crippen LogP contribution in [-0.2, 0) is 0 Å². The van der Waals surface area contributed by atoms with Crippen molar-refractivity contribution in [2.45, 2.75) is 0 Å². The fourth-order valence-electron chi connectivity index (χ4n) is 1.37. The van der Waals surface area contributed by atoms with Gasteiger partial charge in [-0.15, -0.1) is 0 Å². The lowest BCUT2D eigenvalue weighted by Gasteiger charge is -2.10. The summed E-state index contributed by atoms with van der Waals surface area (Å²) in [6, 6.07) is 9.52. The smallest absolute Gasteiger partial charge is 0.125 e. The predicted octanol–water partition coefficient (Wildman–Crippen LogP) is 4.57. The molecule has 2 aromatic carbocycles. The van der Waals surface area contributed by atoms with E-state index in [1.807, 2.05) is 6.07 Å². The Hall–Kier alpha value is -1.26. The zero-order chi connectivity index (χ0) is 12.4. The van der Waals surface area contributed by atoms with Gasteiger partial charge < -0.3 is 11.1 Å². The van der Waals surface area contributed by atoms with E-state index in [1.54, 1.807) is 12.1 Å². The van der Waals surface area contributed by atoms with Crippen molar-refractivity contribution < 1.29 is 4.39 Å². The Morgan fingerprint density at radius 1 is 1.18 bits per heavy atom. The highest BCUT2D eigenvalue weighted by atomic mass is 79.9. The van der Waals surface area contributed by atoms with Crippen LogP contribution in [0.3, 0.4) is 0 Å². The third-order valence-corrected chi connectivity index (χ3v) is 3.45. The first-order chi connectivity index (χ1) is 8.06. The molecule has 0 bridgehead atoms. The van der Waals surface area contributed by atoms with Crippen molar-refractivity contribution in [2.24, 2.45) is 0 Å². The fraction of sp³-hybridized carbons (Fsp3) is 0. The van der Waals surface area contributed by atoms with Crippen molar-refractivity contribution in [2.75, 3.05) is 11.1 Å². The van der Waals surface area contributed by atoms with Crippen LogP contribution in [0.5, 0.6) is 0 Å². The summed E-state index contributed by atoms with van der Waals surface area (Å²) in [6.45, 7) is 0. The second-order valence-electron chi connectivity index (χ2n) is 3.49. The molecule has 2 rings (SSSR count). The second-order valence-corrected chi connectivity index (χ2v) is 4.75. The number of halogens is 3. The number of rotatable bonds is 2. The van der Waals surface area contributed by atoms with Crippen molar-refractivity contribution >= 4 is 44.6 Å². The first-order valence-corrected chi connectivity index (χ1v) is 6.00.